The molecule has 0 spiro atoms. The molecule has 1 fully saturated rings. The normalized spacial score (nSPS) is 15.3. The van der Waals surface area contributed by atoms with Gasteiger partial charge in [0.25, 0.3) is 0 Å². The third-order valence-electron chi connectivity index (χ3n) is 5.83. The standard InChI is InChI=1S/C26H27ClO6/c1-15-11-20(12-16(2)24(15)27)32-23-14-30-22-13-19(9-10-21(22)25(23)28)31-17(3)26(29)33-18-7-5-4-6-8-18/h9-14,17-18H,4-8H2,1-3H3/t17-/m0/s1. The van der Waals surface area contributed by atoms with Gasteiger partial charge in [-0.05, 0) is 81.8 Å². The molecule has 2 aromatic carbocycles. The Morgan fingerprint density at radius 3 is 2.45 bits per heavy atom. The molecule has 3 aromatic rings. The van der Waals surface area contributed by atoms with Crippen molar-refractivity contribution in [3.05, 3.63) is 63.0 Å². The van der Waals surface area contributed by atoms with Gasteiger partial charge in [-0.2, -0.15) is 0 Å². The van der Waals surface area contributed by atoms with Gasteiger partial charge in [0, 0.05) is 11.1 Å². The molecule has 6 nitrogen and oxygen atoms in total. The van der Waals surface area contributed by atoms with Crippen LogP contribution in [-0.4, -0.2) is 18.2 Å². The van der Waals surface area contributed by atoms with Gasteiger partial charge in [-0.15, -0.1) is 0 Å². The Morgan fingerprint density at radius 2 is 1.76 bits per heavy atom. The summed E-state index contributed by atoms with van der Waals surface area (Å²) in [6.45, 7) is 5.40. The molecule has 174 valence electrons. The molecule has 1 aliphatic carbocycles. The van der Waals surface area contributed by atoms with Gasteiger partial charge in [-0.1, -0.05) is 18.0 Å². The fourth-order valence-corrected chi connectivity index (χ4v) is 4.13. The molecule has 0 saturated heterocycles. The van der Waals surface area contributed by atoms with Crippen molar-refractivity contribution in [1.29, 1.82) is 0 Å². The van der Waals surface area contributed by atoms with E-state index >= 15 is 0 Å². The van der Waals surface area contributed by atoms with E-state index in [-0.39, 0.29) is 23.3 Å². The number of ether oxygens (including phenoxy) is 3. The molecule has 1 aromatic heterocycles. The molecule has 1 saturated carbocycles. The summed E-state index contributed by atoms with van der Waals surface area (Å²) in [5.41, 5.74) is 1.74. The molecular weight excluding hydrogens is 444 g/mol. The zero-order valence-electron chi connectivity index (χ0n) is 19.0. The second-order valence-electron chi connectivity index (χ2n) is 8.52. The topological polar surface area (TPSA) is 75.0 Å². The van der Waals surface area contributed by atoms with Gasteiger partial charge in [0.15, 0.2) is 6.10 Å². The Balaban J connectivity index is 1.48. The maximum absolute atomic E-state index is 12.9. The number of hydrogen-bond acceptors (Lipinski definition) is 6. The Kier molecular flexibility index (Phi) is 6.94. The molecule has 7 heteroatoms. The van der Waals surface area contributed by atoms with E-state index in [4.69, 9.17) is 30.2 Å². The summed E-state index contributed by atoms with van der Waals surface area (Å²) in [4.78, 5) is 25.3. The summed E-state index contributed by atoms with van der Waals surface area (Å²) in [5, 5.41) is 1.01. The van der Waals surface area contributed by atoms with Crippen LogP contribution in [0.3, 0.4) is 0 Å². The second-order valence-corrected chi connectivity index (χ2v) is 8.90. The lowest BCUT2D eigenvalue weighted by Crippen LogP contribution is -2.31. The van der Waals surface area contributed by atoms with E-state index in [1.54, 1.807) is 37.3 Å². The third-order valence-corrected chi connectivity index (χ3v) is 6.43. The molecule has 0 bridgehead atoms. The van der Waals surface area contributed by atoms with E-state index in [1.165, 1.54) is 12.7 Å². The average molecular weight is 471 g/mol. The number of carbonyl (C=O) groups excluding carboxylic acids is 1. The zero-order valence-corrected chi connectivity index (χ0v) is 19.7. The third kappa shape index (κ3) is 5.33. The molecule has 33 heavy (non-hydrogen) atoms. The highest BCUT2D eigenvalue weighted by Crippen LogP contribution is 2.29. The minimum absolute atomic E-state index is 0.0291. The monoisotopic (exact) mass is 470 g/mol. The van der Waals surface area contributed by atoms with Crippen molar-refractivity contribution in [3.8, 4) is 17.2 Å². The highest BCUT2D eigenvalue weighted by molar-refractivity contribution is 6.32. The van der Waals surface area contributed by atoms with E-state index in [2.05, 4.69) is 0 Å². The van der Waals surface area contributed by atoms with Crippen LogP contribution in [0.4, 0.5) is 0 Å². The number of esters is 1. The van der Waals surface area contributed by atoms with Gasteiger partial charge in [0.2, 0.25) is 11.2 Å². The number of aryl methyl sites for hydroxylation is 2. The first-order valence-corrected chi connectivity index (χ1v) is 11.6. The summed E-state index contributed by atoms with van der Waals surface area (Å²) < 4.78 is 22.7. The fraction of sp³-hybridized carbons (Fsp3) is 0.385. The molecule has 1 heterocycles. The van der Waals surface area contributed by atoms with E-state index in [0.29, 0.717) is 27.5 Å². The highest BCUT2D eigenvalue weighted by Gasteiger charge is 2.23. The van der Waals surface area contributed by atoms with Crippen LogP contribution in [0, 0.1) is 13.8 Å². The summed E-state index contributed by atoms with van der Waals surface area (Å²) >= 11 is 6.20. The average Bonchev–Trinajstić information content (AvgIpc) is 2.80. The number of benzene rings is 2. The summed E-state index contributed by atoms with van der Waals surface area (Å²) in [7, 11) is 0. The van der Waals surface area contributed by atoms with E-state index in [9.17, 15) is 9.59 Å². The predicted molar refractivity (Wildman–Crippen MR) is 127 cm³/mol. The largest absolute Gasteiger partial charge is 0.479 e. The maximum Gasteiger partial charge on any atom is 0.347 e. The van der Waals surface area contributed by atoms with Crippen LogP contribution in [0.1, 0.15) is 50.2 Å². The van der Waals surface area contributed by atoms with Gasteiger partial charge in [-0.25, -0.2) is 4.79 Å². The second kappa shape index (κ2) is 9.87. The predicted octanol–water partition coefficient (Wildman–Crippen LogP) is 6.50. The summed E-state index contributed by atoms with van der Waals surface area (Å²) in [6, 6.07) is 8.35. The maximum atomic E-state index is 12.9. The van der Waals surface area contributed by atoms with E-state index in [1.807, 2.05) is 13.8 Å². The van der Waals surface area contributed by atoms with Crippen LogP contribution < -0.4 is 14.9 Å². The van der Waals surface area contributed by atoms with Crippen LogP contribution in [-0.2, 0) is 9.53 Å². The molecule has 0 amide bonds. The van der Waals surface area contributed by atoms with Gasteiger partial charge < -0.3 is 18.6 Å². The smallest absolute Gasteiger partial charge is 0.347 e. The summed E-state index contributed by atoms with van der Waals surface area (Å²) in [5.74, 6) is 0.602. The highest BCUT2D eigenvalue weighted by atomic mass is 35.5. The SMILES string of the molecule is Cc1cc(Oc2coc3cc(O[C@@H](C)C(=O)OC4CCCCC4)ccc3c2=O)cc(C)c1Cl. The van der Waals surface area contributed by atoms with Gasteiger partial charge in [0.1, 0.15) is 29.4 Å². The molecular formula is C26H27ClO6. The number of carbonyl (C=O) groups is 1. The molecule has 4 rings (SSSR count). The summed E-state index contributed by atoms with van der Waals surface area (Å²) in [6.07, 6.45) is 5.63. The van der Waals surface area contributed by atoms with E-state index in [0.717, 1.165) is 36.8 Å². The van der Waals surface area contributed by atoms with Gasteiger partial charge in [-0.3, -0.25) is 4.79 Å². The van der Waals surface area contributed by atoms with Gasteiger partial charge in [0.05, 0.1) is 5.39 Å². The first-order chi connectivity index (χ1) is 15.8. The van der Waals surface area contributed by atoms with Crippen LogP contribution in [0.5, 0.6) is 17.2 Å². The first kappa shape index (κ1) is 23.2. The van der Waals surface area contributed by atoms with Crippen molar-refractivity contribution >= 4 is 28.5 Å². The minimum Gasteiger partial charge on any atom is -0.479 e. The van der Waals surface area contributed by atoms with E-state index < -0.39 is 6.10 Å². The lowest BCUT2D eigenvalue weighted by molar-refractivity contribution is -0.158. The van der Waals surface area contributed by atoms with Gasteiger partial charge >= 0.3 is 5.97 Å². The molecule has 0 radical (unpaired) electrons. The van der Waals surface area contributed by atoms with Crippen molar-refractivity contribution in [2.75, 3.05) is 0 Å². The lowest BCUT2D eigenvalue weighted by atomic mass is 9.98. The molecule has 0 unspecified atom stereocenters. The Morgan fingerprint density at radius 1 is 1.06 bits per heavy atom. The number of fused-ring (bicyclic) bond motifs is 1. The van der Waals surface area contributed by atoms with Crippen molar-refractivity contribution in [3.63, 3.8) is 0 Å². The number of hydrogen-bond donors (Lipinski definition) is 0. The van der Waals surface area contributed by atoms with Crippen LogP contribution >= 0.6 is 11.6 Å². The number of halogens is 1. The van der Waals surface area contributed by atoms with Crippen molar-refractivity contribution in [1.82, 2.24) is 0 Å². The molecule has 1 aliphatic rings. The van der Waals surface area contributed by atoms with Crippen molar-refractivity contribution in [2.45, 2.75) is 65.1 Å². The quantitative estimate of drug-likeness (QED) is 0.383. The number of rotatable bonds is 6. The minimum atomic E-state index is -0.768. The Bertz CT molecular complexity index is 1200. The zero-order chi connectivity index (χ0) is 23.5. The van der Waals surface area contributed by atoms with Crippen molar-refractivity contribution in [2.24, 2.45) is 0 Å². The van der Waals surface area contributed by atoms with Crippen LogP contribution in [0.2, 0.25) is 5.02 Å². The molecule has 1 atom stereocenters. The van der Waals surface area contributed by atoms with Crippen molar-refractivity contribution < 1.29 is 23.4 Å². The molecule has 0 aliphatic heterocycles. The Labute approximate surface area is 197 Å². The molecule has 0 N–H and O–H groups in total. The van der Waals surface area contributed by atoms with Crippen LogP contribution in [0.25, 0.3) is 11.0 Å². The first-order valence-electron chi connectivity index (χ1n) is 11.2. The fourth-order valence-electron chi connectivity index (χ4n) is 4.02. The lowest BCUT2D eigenvalue weighted by Gasteiger charge is -2.23. The van der Waals surface area contributed by atoms with Crippen LogP contribution in [0.15, 0.2) is 45.8 Å². The Hall–Kier alpha value is -2.99.